The summed E-state index contributed by atoms with van der Waals surface area (Å²) in [5, 5.41) is 6.96. The molecule has 0 fully saturated rings. The van der Waals surface area contributed by atoms with Crippen molar-refractivity contribution in [3.05, 3.63) is 15.6 Å². The molecule has 0 radical (unpaired) electrons. The Kier molecular flexibility index (Phi) is 4.87. The molecule has 0 bridgehead atoms. The number of amides is 1. The third kappa shape index (κ3) is 3.78. The predicted octanol–water partition coefficient (Wildman–Crippen LogP) is 2.15. The number of hydrogen-bond donors (Lipinski definition) is 2. The third-order valence-corrected chi connectivity index (χ3v) is 4.48. The number of nitrogens with one attached hydrogen (secondary N) is 2. The van der Waals surface area contributed by atoms with Gasteiger partial charge in [0.2, 0.25) is 5.91 Å². The van der Waals surface area contributed by atoms with Crippen molar-refractivity contribution in [2.24, 2.45) is 0 Å². The van der Waals surface area contributed by atoms with E-state index in [0.717, 1.165) is 10.7 Å². The van der Waals surface area contributed by atoms with Gasteiger partial charge in [0.25, 0.3) is 0 Å². The topological polar surface area (TPSA) is 54.0 Å². The van der Waals surface area contributed by atoms with Crippen molar-refractivity contribution in [2.75, 3.05) is 13.6 Å². The fraction of sp³-hybridized carbons (Fsp3) is 0.692. The molecule has 0 spiro atoms. The second-order valence-corrected chi connectivity index (χ2v) is 6.53. The van der Waals surface area contributed by atoms with E-state index in [9.17, 15) is 4.79 Å². The van der Waals surface area contributed by atoms with Crippen molar-refractivity contribution in [3.8, 4) is 0 Å². The van der Waals surface area contributed by atoms with Crippen molar-refractivity contribution in [2.45, 2.75) is 46.1 Å². The Morgan fingerprint density at radius 3 is 2.50 bits per heavy atom. The van der Waals surface area contributed by atoms with Crippen LogP contribution in [0.4, 0.5) is 0 Å². The number of rotatable bonds is 4. The number of aryl methyl sites for hydroxylation is 1. The van der Waals surface area contributed by atoms with E-state index in [1.807, 2.05) is 6.92 Å². The lowest BCUT2D eigenvalue weighted by Crippen LogP contribution is -2.32. The number of likely N-dealkylation sites (N-methyl/N-ethyl adjacent to an activating group) is 1. The Morgan fingerprint density at radius 1 is 1.44 bits per heavy atom. The Bertz CT molecular complexity index is 420. The number of carbonyl (C=O) groups is 1. The molecule has 4 nitrogen and oxygen atoms in total. The average Bonchev–Trinajstić information content (AvgIpc) is 2.67. The van der Waals surface area contributed by atoms with Gasteiger partial charge in [0, 0.05) is 23.4 Å². The molecule has 102 valence electrons. The summed E-state index contributed by atoms with van der Waals surface area (Å²) in [4.78, 5) is 17.1. The van der Waals surface area contributed by atoms with Crippen LogP contribution in [0.25, 0.3) is 0 Å². The van der Waals surface area contributed by atoms with E-state index < -0.39 is 0 Å². The molecule has 1 atom stereocenters. The molecule has 5 heteroatoms. The van der Waals surface area contributed by atoms with E-state index in [1.54, 1.807) is 18.4 Å². The average molecular weight is 269 g/mol. The van der Waals surface area contributed by atoms with Gasteiger partial charge >= 0.3 is 0 Å². The van der Waals surface area contributed by atoms with E-state index in [4.69, 9.17) is 0 Å². The zero-order valence-electron chi connectivity index (χ0n) is 12.0. The van der Waals surface area contributed by atoms with Gasteiger partial charge in [-0.25, -0.2) is 4.98 Å². The summed E-state index contributed by atoms with van der Waals surface area (Å²) in [5.41, 5.74) is 1.13. The molecule has 0 aliphatic carbocycles. The highest BCUT2D eigenvalue weighted by molar-refractivity contribution is 7.12. The molecule has 0 saturated heterocycles. The monoisotopic (exact) mass is 269 g/mol. The Balaban J connectivity index is 2.77. The van der Waals surface area contributed by atoms with Crippen LogP contribution in [0.1, 0.15) is 49.3 Å². The van der Waals surface area contributed by atoms with Crippen molar-refractivity contribution in [1.82, 2.24) is 15.6 Å². The quantitative estimate of drug-likeness (QED) is 0.880. The smallest absolute Gasteiger partial charge is 0.233 e. The van der Waals surface area contributed by atoms with Crippen molar-refractivity contribution in [1.29, 1.82) is 0 Å². The summed E-state index contributed by atoms with van der Waals surface area (Å²) >= 11 is 1.73. The lowest BCUT2D eigenvalue weighted by Gasteiger charge is -2.14. The highest BCUT2D eigenvalue weighted by Crippen LogP contribution is 2.32. The second kappa shape index (κ2) is 5.80. The molecular weight excluding hydrogens is 246 g/mol. The molecule has 1 aromatic rings. The molecule has 1 heterocycles. The summed E-state index contributed by atoms with van der Waals surface area (Å²) in [5.74, 6) is 0.0000585. The molecule has 1 aromatic heterocycles. The molecule has 18 heavy (non-hydrogen) atoms. The van der Waals surface area contributed by atoms with Crippen LogP contribution in [0.2, 0.25) is 0 Å². The first-order valence-corrected chi connectivity index (χ1v) is 6.99. The Hall–Kier alpha value is -0.940. The van der Waals surface area contributed by atoms with Gasteiger partial charge in [-0.1, -0.05) is 20.8 Å². The van der Waals surface area contributed by atoms with Gasteiger partial charge < -0.3 is 10.6 Å². The predicted molar refractivity (Wildman–Crippen MR) is 76.0 cm³/mol. The van der Waals surface area contributed by atoms with Gasteiger partial charge in [0.15, 0.2) is 0 Å². The molecule has 1 rings (SSSR count). The molecule has 1 unspecified atom stereocenters. The maximum Gasteiger partial charge on any atom is 0.233 e. The first-order chi connectivity index (χ1) is 8.25. The van der Waals surface area contributed by atoms with Crippen molar-refractivity contribution >= 4 is 17.2 Å². The standard InChI is InChI=1S/C13H23N3OS/c1-8(15-7-10(17)14-6)11-9(2)16-12(18-11)13(3,4)5/h8,15H,7H2,1-6H3,(H,14,17). The highest BCUT2D eigenvalue weighted by Gasteiger charge is 2.22. The van der Waals surface area contributed by atoms with Crippen LogP contribution < -0.4 is 10.6 Å². The van der Waals surface area contributed by atoms with Crippen LogP contribution >= 0.6 is 11.3 Å². The van der Waals surface area contributed by atoms with Crippen LogP contribution in [-0.4, -0.2) is 24.5 Å². The zero-order valence-corrected chi connectivity index (χ0v) is 12.9. The molecule has 2 N–H and O–H groups in total. The van der Waals surface area contributed by atoms with Crippen molar-refractivity contribution in [3.63, 3.8) is 0 Å². The first-order valence-electron chi connectivity index (χ1n) is 6.17. The lowest BCUT2D eigenvalue weighted by molar-refractivity contribution is -0.119. The van der Waals surface area contributed by atoms with Crippen molar-refractivity contribution < 1.29 is 4.79 Å². The third-order valence-electron chi connectivity index (χ3n) is 2.71. The Labute approximate surface area is 113 Å². The van der Waals surface area contributed by atoms with E-state index >= 15 is 0 Å². The van der Waals surface area contributed by atoms with Gasteiger partial charge in [-0.2, -0.15) is 0 Å². The zero-order chi connectivity index (χ0) is 13.9. The van der Waals surface area contributed by atoms with E-state index in [2.05, 4.69) is 43.3 Å². The number of hydrogen-bond acceptors (Lipinski definition) is 4. The number of thiazole rings is 1. The van der Waals surface area contributed by atoms with Crippen LogP contribution in [0.5, 0.6) is 0 Å². The van der Waals surface area contributed by atoms with Gasteiger partial charge in [-0.05, 0) is 13.8 Å². The minimum atomic E-state index is 0.0000585. The fourth-order valence-electron chi connectivity index (χ4n) is 1.56. The van der Waals surface area contributed by atoms with Gasteiger partial charge in [-0.3, -0.25) is 4.79 Å². The molecular formula is C13H23N3OS. The number of nitrogens with zero attached hydrogens (tertiary/aromatic N) is 1. The van der Waals surface area contributed by atoms with Crippen LogP contribution in [0.3, 0.4) is 0 Å². The molecule has 0 aliphatic rings. The fourth-order valence-corrected chi connectivity index (χ4v) is 2.71. The van der Waals surface area contributed by atoms with E-state index in [0.29, 0.717) is 6.54 Å². The number of aromatic nitrogens is 1. The molecule has 1 amide bonds. The Morgan fingerprint density at radius 2 is 2.06 bits per heavy atom. The minimum Gasteiger partial charge on any atom is -0.358 e. The van der Waals surface area contributed by atoms with E-state index in [1.165, 1.54) is 4.88 Å². The summed E-state index contributed by atoms with van der Waals surface area (Å²) < 4.78 is 0. The normalized spacial score (nSPS) is 13.4. The summed E-state index contributed by atoms with van der Waals surface area (Å²) in [6.07, 6.45) is 0. The van der Waals surface area contributed by atoms with Crippen LogP contribution in [0.15, 0.2) is 0 Å². The molecule has 0 saturated carbocycles. The van der Waals surface area contributed by atoms with E-state index in [-0.39, 0.29) is 17.4 Å². The highest BCUT2D eigenvalue weighted by atomic mass is 32.1. The summed E-state index contributed by atoms with van der Waals surface area (Å²) in [6, 6.07) is 0.149. The summed E-state index contributed by atoms with van der Waals surface area (Å²) in [6.45, 7) is 10.9. The number of carbonyl (C=O) groups excluding carboxylic acids is 1. The SMILES string of the molecule is CNC(=O)CNC(C)c1sc(C(C)(C)C)nc1C. The largest absolute Gasteiger partial charge is 0.358 e. The van der Waals surface area contributed by atoms with Gasteiger partial charge in [-0.15, -0.1) is 11.3 Å². The molecule has 0 aliphatic heterocycles. The second-order valence-electron chi connectivity index (χ2n) is 5.49. The van der Waals surface area contributed by atoms with Gasteiger partial charge in [0.1, 0.15) is 0 Å². The lowest BCUT2D eigenvalue weighted by atomic mass is 9.98. The first kappa shape index (κ1) is 15.1. The maximum atomic E-state index is 11.2. The maximum absolute atomic E-state index is 11.2. The van der Waals surface area contributed by atoms with Crippen LogP contribution in [0, 0.1) is 6.92 Å². The van der Waals surface area contributed by atoms with Crippen LogP contribution in [-0.2, 0) is 10.2 Å². The minimum absolute atomic E-state index is 0.0000585. The van der Waals surface area contributed by atoms with Gasteiger partial charge in [0.05, 0.1) is 17.2 Å². The summed E-state index contributed by atoms with van der Waals surface area (Å²) in [7, 11) is 1.64. The molecule has 0 aromatic carbocycles.